The third kappa shape index (κ3) is 5.49. The lowest BCUT2D eigenvalue weighted by atomic mass is 9.85. The van der Waals surface area contributed by atoms with Crippen molar-refractivity contribution in [3.05, 3.63) is 194 Å². The summed E-state index contributed by atoms with van der Waals surface area (Å²) in [5.41, 5.74) is 12.0. The van der Waals surface area contributed by atoms with Crippen molar-refractivity contribution in [1.29, 1.82) is 0 Å². The van der Waals surface area contributed by atoms with E-state index in [2.05, 4.69) is 36.4 Å². The molecule has 0 N–H and O–H groups in total. The molecule has 11 rings (SSSR count). The van der Waals surface area contributed by atoms with E-state index in [1.54, 1.807) is 18.2 Å². The molecule has 0 atom stereocenters. The maximum Gasteiger partial charge on any atom is 0.207 e. The van der Waals surface area contributed by atoms with Crippen molar-refractivity contribution < 1.29 is 12.8 Å². The zero-order valence-electron chi connectivity index (χ0n) is 31.0. The second kappa shape index (κ2) is 13.4. The number of rotatable bonds is 3. The molecule has 274 valence electrons. The molecule has 3 heterocycles. The molecule has 58 heavy (non-hydrogen) atoms. The van der Waals surface area contributed by atoms with Gasteiger partial charge in [-0.1, -0.05) is 158 Å². The molecule has 0 bridgehead atoms. The Morgan fingerprint density at radius 2 is 0.879 bits per heavy atom. The number of furan rings is 1. The molecule has 0 spiro atoms. The monoisotopic (exact) mass is 764 g/mol. The number of fused-ring (bicyclic) bond motifs is 12. The van der Waals surface area contributed by atoms with Crippen molar-refractivity contribution in [2.45, 2.75) is 9.79 Å². The first kappa shape index (κ1) is 33.9. The molecule has 0 fully saturated rings. The van der Waals surface area contributed by atoms with Gasteiger partial charge in [0.15, 0.2) is 5.82 Å². The SMILES string of the molecule is O=S1(=O)c2ccccc2-c2ccccc2-c2ccccc2-c2ccc(-c3cc(-c4ccccc4)nc(-c4ccccc4)n3)cc2-c2cc3oc4ccccc4c3cc21. The second-order valence-electron chi connectivity index (χ2n) is 14.5. The lowest BCUT2D eigenvalue weighted by molar-refractivity contribution is 0.596. The van der Waals surface area contributed by atoms with Crippen LogP contribution in [0.5, 0.6) is 0 Å². The van der Waals surface area contributed by atoms with Crippen LogP contribution in [0.1, 0.15) is 0 Å². The normalized spacial score (nSPS) is 12.8. The Kier molecular flexibility index (Phi) is 7.81. The highest BCUT2D eigenvalue weighted by atomic mass is 32.2. The average molecular weight is 765 g/mol. The molecule has 2 aromatic heterocycles. The Labute approximate surface area is 335 Å². The average Bonchev–Trinajstić information content (AvgIpc) is 3.66. The van der Waals surface area contributed by atoms with E-state index in [1.165, 1.54) is 0 Å². The van der Waals surface area contributed by atoms with Gasteiger partial charge in [0.25, 0.3) is 0 Å². The first-order valence-electron chi connectivity index (χ1n) is 19.1. The van der Waals surface area contributed by atoms with E-state index >= 15 is 8.42 Å². The maximum absolute atomic E-state index is 15.5. The van der Waals surface area contributed by atoms with E-state index < -0.39 is 9.84 Å². The van der Waals surface area contributed by atoms with Gasteiger partial charge in [-0.2, -0.15) is 0 Å². The number of hydrogen-bond donors (Lipinski definition) is 0. The largest absolute Gasteiger partial charge is 0.456 e. The van der Waals surface area contributed by atoms with Crippen molar-refractivity contribution >= 4 is 31.8 Å². The zero-order chi connectivity index (χ0) is 38.8. The number of sulfone groups is 1. The standard InChI is InChI=1S/C52H32N2O3S/c55-58(56)50-26-14-12-24-42(50)39-22-10-9-20-37(39)36-19-7-8-21-38(36)40-28-27-35(29-43(40)45-30-49-44(31-51(45)58)41-23-11-13-25-48(41)57-49)47-32-46(33-15-3-1-4-16-33)53-52(54-47)34-17-5-2-6-18-34/h1-32H. The highest BCUT2D eigenvalue weighted by molar-refractivity contribution is 7.91. The Bertz CT molecular complexity index is 3300. The van der Waals surface area contributed by atoms with Crippen LogP contribution in [0.4, 0.5) is 0 Å². The lowest BCUT2D eigenvalue weighted by Gasteiger charge is -2.18. The molecule has 1 aliphatic rings. The number of para-hydroxylation sites is 1. The van der Waals surface area contributed by atoms with Crippen LogP contribution in [0.2, 0.25) is 0 Å². The topological polar surface area (TPSA) is 73.1 Å². The van der Waals surface area contributed by atoms with Crippen LogP contribution in [-0.4, -0.2) is 18.4 Å². The fraction of sp³-hybridized carbons (Fsp3) is 0. The minimum absolute atomic E-state index is 0.201. The lowest BCUT2D eigenvalue weighted by Crippen LogP contribution is -2.06. The minimum atomic E-state index is -4.16. The van der Waals surface area contributed by atoms with Crippen molar-refractivity contribution in [3.8, 4) is 78.4 Å². The molecule has 0 amide bonds. The van der Waals surface area contributed by atoms with Gasteiger partial charge in [0.2, 0.25) is 9.84 Å². The maximum atomic E-state index is 15.5. The van der Waals surface area contributed by atoms with Crippen LogP contribution in [-0.2, 0) is 9.84 Å². The van der Waals surface area contributed by atoms with Gasteiger partial charge in [0, 0.05) is 38.6 Å². The third-order valence-electron chi connectivity index (χ3n) is 11.1. The molecule has 0 unspecified atom stereocenters. The van der Waals surface area contributed by atoms with Gasteiger partial charge in [-0.15, -0.1) is 0 Å². The summed E-state index contributed by atoms with van der Waals surface area (Å²) in [4.78, 5) is 10.6. The molecule has 0 aliphatic carbocycles. The fourth-order valence-electron chi connectivity index (χ4n) is 8.36. The highest BCUT2D eigenvalue weighted by Gasteiger charge is 2.30. The van der Waals surface area contributed by atoms with E-state index in [1.807, 2.05) is 140 Å². The predicted molar refractivity (Wildman–Crippen MR) is 233 cm³/mol. The predicted octanol–water partition coefficient (Wildman–Crippen LogP) is 13.2. The van der Waals surface area contributed by atoms with Gasteiger partial charge >= 0.3 is 0 Å². The van der Waals surface area contributed by atoms with Crippen LogP contribution in [0.25, 0.3) is 100 Å². The van der Waals surface area contributed by atoms with Gasteiger partial charge in [-0.3, -0.25) is 0 Å². The second-order valence-corrected chi connectivity index (χ2v) is 16.4. The van der Waals surface area contributed by atoms with Crippen molar-refractivity contribution in [2.75, 3.05) is 0 Å². The summed E-state index contributed by atoms with van der Waals surface area (Å²) >= 11 is 0. The van der Waals surface area contributed by atoms with Crippen LogP contribution in [0.15, 0.2) is 208 Å². The summed E-state index contributed by atoms with van der Waals surface area (Å²) < 4.78 is 37.6. The highest BCUT2D eigenvalue weighted by Crippen LogP contribution is 2.49. The molecule has 0 radical (unpaired) electrons. The Morgan fingerprint density at radius 1 is 0.345 bits per heavy atom. The molecule has 10 aromatic rings. The number of nitrogens with zero attached hydrogens (tertiary/aromatic N) is 2. The molecule has 0 saturated carbocycles. The molecule has 0 saturated heterocycles. The number of hydrogen-bond acceptors (Lipinski definition) is 5. The minimum Gasteiger partial charge on any atom is -0.456 e. The Hall–Kier alpha value is -7.41. The van der Waals surface area contributed by atoms with E-state index in [4.69, 9.17) is 14.4 Å². The van der Waals surface area contributed by atoms with E-state index in [-0.39, 0.29) is 9.79 Å². The summed E-state index contributed by atoms with van der Waals surface area (Å²) in [5.74, 6) is 0.596. The van der Waals surface area contributed by atoms with Gasteiger partial charge in [0.05, 0.1) is 21.2 Å². The van der Waals surface area contributed by atoms with E-state index in [9.17, 15) is 0 Å². The molecule has 8 aromatic carbocycles. The van der Waals surface area contributed by atoms with Crippen molar-refractivity contribution in [3.63, 3.8) is 0 Å². The number of benzene rings is 8. The van der Waals surface area contributed by atoms with Crippen LogP contribution in [0.3, 0.4) is 0 Å². The quantitative estimate of drug-likeness (QED) is 0.179. The molecular weight excluding hydrogens is 733 g/mol. The molecular formula is C52H32N2O3S. The summed E-state index contributed by atoms with van der Waals surface area (Å²) in [6, 6.07) is 63.5. The summed E-state index contributed by atoms with van der Waals surface area (Å²) in [5, 5.41) is 1.59. The number of aromatic nitrogens is 2. The van der Waals surface area contributed by atoms with Crippen LogP contribution >= 0.6 is 0 Å². The van der Waals surface area contributed by atoms with Crippen LogP contribution in [0, 0.1) is 0 Å². The molecule has 5 nitrogen and oxygen atoms in total. The van der Waals surface area contributed by atoms with Gasteiger partial charge < -0.3 is 4.42 Å². The smallest absolute Gasteiger partial charge is 0.207 e. The van der Waals surface area contributed by atoms with Gasteiger partial charge in [0.1, 0.15) is 11.2 Å². The summed E-state index contributed by atoms with van der Waals surface area (Å²) in [7, 11) is -4.16. The first-order chi connectivity index (χ1) is 28.5. The van der Waals surface area contributed by atoms with E-state index in [0.717, 1.165) is 66.5 Å². The summed E-state index contributed by atoms with van der Waals surface area (Å²) in [6.07, 6.45) is 0. The van der Waals surface area contributed by atoms with Gasteiger partial charge in [-0.25, -0.2) is 18.4 Å². The van der Waals surface area contributed by atoms with Crippen molar-refractivity contribution in [1.82, 2.24) is 9.97 Å². The van der Waals surface area contributed by atoms with Gasteiger partial charge in [-0.05, 0) is 69.8 Å². The Morgan fingerprint density at radius 3 is 1.57 bits per heavy atom. The zero-order valence-corrected chi connectivity index (χ0v) is 31.8. The third-order valence-corrected chi connectivity index (χ3v) is 13.0. The van der Waals surface area contributed by atoms with E-state index in [0.29, 0.717) is 33.8 Å². The fourth-order valence-corrected chi connectivity index (χ4v) is 10.1. The Balaban J connectivity index is 1.27. The van der Waals surface area contributed by atoms with Crippen LogP contribution < -0.4 is 0 Å². The van der Waals surface area contributed by atoms with Crippen molar-refractivity contribution in [2.24, 2.45) is 0 Å². The summed E-state index contributed by atoms with van der Waals surface area (Å²) in [6.45, 7) is 0. The molecule has 1 aliphatic heterocycles. The molecule has 6 heteroatoms. The first-order valence-corrected chi connectivity index (χ1v) is 20.6.